The molecule has 1 N–H and O–H groups in total. The minimum atomic E-state index is -0.807. The van der Waals surface area contributed by atoms with Gasteiger partial charge < -0.3 is 14.9 Å². The molecule has 1 aromatic heterocycles. The van der Waals surface area contributed by atoms with Crippen molar-refractivity contribution in [1.29, 1.82) is 0 Å². The molecule has 8 heteroatoms. The van der Waals surface area contributed by atoms with Crippen molar-refractivity contribution in [1.82, 2.24) is 9.88 Å². The standard InChI is InChI=1S/C20H27Cl2N3O2S/c1-13(2)11-17-19(14-5-6-15(21)16(22)12-14)23-20(28-17)25(8-7-18(26)27)10-9-24(3)4/h5-6,12-13H,7-11H2,1-4H3,(H,26,27). The molecule has 154 valence electrons. The van der Waals surface area contributed by atoms with Crippen LogP contribution in [0.3, 0.4) is 0 Å². The number of hydrogen-bond donors (Lipinski definition) is 1. The van der Waals surface area contributed by atoms with E-state index in [9.17, 15) is 4.79 Å². The minimum Gasteiger partial charge on any atom is -0.481 e. The monoisotopic (exact) mass is 443 g/mol. The lowest BCUT2D eigenvalue weighted by atomic mass is 10.0. The molecule has 0 fully saturated rings. The first-order chi connectivity index (χ1) is 13.2. The highest BCUT2D eigenvalue weighted by Gasteiger charge is 2.20. The third kappa shape index (κ3) is 6.62. The molecule has 0 aliphatic rings. The van der Waals surface area contributed by atoms with Gasteiger partial charge in [-0.1, -0.05) is 43.1 Å². The largest absolute Gasteiger partial charge is 0.481 e. The van der Waals surface area contributed by atoms with E-state index in [1.165, 1.54) is 4.88 Å². The molecule has 0 atom stereocenters. The smallest absolute Gasteiger partial charge is 0.305 e. The first kappa shape index (κ1) is 22.9. The van der Waals surface area contributed by atoms with E-state index in [2.05, 4.69) is 23.6 Å². The molecule has 5 nitrogen and oxygen atoms in total. The van der Waals surface area contributed by atoms with E-state index in [1.54, 1.807) is 17.4 Å². The van der Waals surface area contributed by atoms with Crippen LogP contribution < -0.4 is 4.90 Å². The Labute approximate surface area is 180 Å². The Morgan fingerprint density at radius 1 is 1.18 bits per heavy atom. The number of thiazole rings is 1. The van der Waals surface area contributed by atoms with Crippen molar-refractivity contribution in [3.05, 3.63) is 33.1 Å². The van der Waals surface area contributed by atoms with Crippen molar-refractivity contribution < 1.29 is 9.90 Å². The van der Waals surface area contributed by atoms with Crippen LogP contribution in [0.4, 0.5) is 5.13 Å². The molecule has 1 aromatic carbocycles. The number of carboxylic acid groups (broad SMARTS) is 1. The van der Waals surface area contributed by atoms with Gasteiger partial charge in [0.2, 0.25) is 0 Å². The van der Waals surface area contributed by atoms with Crippen molar-refractivity contribution in [3.8, 4) is 11.3 Å². The highest BCUT2D eigenvalue weighted by molar-refractivity contribution is 7.16. The second-order valence-corrected chi connectivity index (χ2v) is 9.31. The van der Waals surface area contributed by atoms with Gasteiger partial charge in [0.25, 0.3) is 0 Å². The summed E-state index contributed by atoms with van der Waals surface area (Å²) in [5, 5.41) is 11.0. The molecule has 0 unspecified atom stereocenters. The van der Waals surface area contributed by atoms with Crippen molar-refractivity contribution >= 4 is 45.6 Å². The predicted molar refractivity (Wildman–Crippen MR) is 119 cm³/mol. The number of benzene rings is 1. The molecule has 0 bridgehead atoms. The predicted octanol–water partition coefficient (Wildman–Crippen LogP) is 5.16. The maximum atomic E-state index is 11.1. The summed E-state index contributed by atoms with van der Waals surface area (Å²) in [4.78, 5) is 21.3. The Kier molecular flexibility index (Phi) is 8.56. The van der Waals surface area contributed by atoms with E-state index in [0.717, 1.165) is 35.9 Å². The fraction of sp³-hybridized carbons (Fsp3) is 0.500. The van der Waals surface area contributed by atoms with Crippen molar-refractivity contribution in [2.24, 2.45) is 5.92 Å². The molecular weight excluding hydrogens is 417 g/mol. The van der Waals surface area contributed by atoms with E-state index < -0.39 is 5.97 Å². The molecule has 2 aromatic rings. The zero-order chi connectivity index (χ0) is 20.8. The molecule has 0 aliphatic heterocycles. The Morgan fingerprint density at radius 2 is 1.89 bits per heavy atom. The summed E-state index contributed by atoms with van der Waals surface area (Å²) in [5.74, 6) is -0.331. The van der Waals surface area contributed by atoms with E-state index >= 15 is 0 Å². The lowest BCUT2D eigenvalue weighted by Crippen LogP contribution is -2.33. The zero-order valence-electron chi connectivity index (χ0n) is 16.7. The number of aliphatic carboxylic acids is 1. The Balaban J connectivity index is 2.41. The van der Waals surface area contributed by atoms with Gasteiger partial charge in [-0.25, -0.2) is 4.98 Å². The van der Waals surface area contributed by atoms with Gasteiger partial charge in [0, 0.05) is 30.1 Å². The molecule has 28 heavy (non-hydrogen) atoms. The number of carboxylic acids is 1. The second-order valence-electron chi connectivity index (χ2n) is 7.43. The van der Waals surface area contributed by atoms with Gasteiger partial charge in [0.05, 0.1) is 22.2 Å². The summed E-state index contributed by atoms with van der Waals surface area (Å²) < 4.78 is 0. The average Bonchev–Trinajstić information content (AvgIpc) is 2.99. The molecule has 1 heterocycles. The molecule has 0 spiro atoms. The molecular formula is C20H27Cl2N3O2S. The van der Waals surface area contributed by atoms with Crippen LogP contribution in [-0.4, -0.2) is 54.7 Å². The SMILES string of the molecule is CC(C)Cc1sc(N(CCC(=O)O)CCN(C)C)nc1-c1ccc(Cl)c(Cl)c1. The molecule has 0 aliphatic carbocycles. The second kappa shape index (κ2) is 10.4. The average molecular weight is 444 g/mol. The zero-order valence-corrected chi connectivity index (χ0v) is 19.0. The Bertz CT molecular complexity index is 809. The summed E-state index contributed by atoms with van der Waals surface area (Å²) in [6, 6.07) is 5.55. The number of anilines is 1. The first-order valence-electron chi connectivity index (χ1n) is 9.24. The number of hydrogen-bond acceptors (Lipinski definition) is 5. The molecule has 0 radical (unpaired) electrons. The third-order valence-electron chi connectivity index (χ3n) is 4.16. The van der Waals surface area contributed by atoms with Crippen molar-refractivity contribution in [2.45, 2.75) is 26.7 Å². The quantitative estimate of drug-likeness (QED) is 0.549. The van der Waals surface area contributed by atoms with Crippen LogP contribution in [0.2, 0.25) is 10.0 Å². The molecule has 0 saturated heterocycles. The molecule has 2 rings (SSSR count). The number of nitrogens with zero attached hydrogens (tertiary/aromatic N) is 3. The van der Waals surface area contributed by atoms with Crippen LogP contribution >= 0.6 is 34.5 Å². The maximum absolute atomic E-state index is 11.1. The fourth-order valence-corrected chi connectivity index (χ4v) is 4.35. The van der Waals surface area contributed by atoms with Crippen LogP contribution in [0.25, 0.3) is 11.3 Å². The van der Waals surface area contributed by atoms with Crippen LogP contribution in [0.1, 0.15) is 25.1 Å². The van der Waals surface area contributed by atoms with Gasteiger partial charge in [-0.3, -0.25) is 4.79 Å². The van der Waals surface area contributed by atoms with Gasteiger partial charge in [-0.05, 0) is 38.6 Å². The Hall–Kier alpha value is -1.34. The van der Waals surface area contributed by atoms with Crippen molar-refractivity contribution in [2.75, 3.05) is 38.6 Å². The van der Waals surface area contributed by atoms with Crippen molar-refractivity contribution in [3.63, 3.8) is 0 Å². The number of likely N-dealkylation sites (N-methyl/N-ethyl adjacent to an activating group) is 1. The van der Waals surface area contributed by atoms with Gasteiger partial charge in [0.15, 0.2) is 5.13 Å². The van der Waals surface area contributed by atoms with Gasteiger partial charge in [0.1, 0.15) is 0 Å². The Morgan fingerprint density at radius 3 is 2.46 bits per heavy atom. The van der Waals surface area contributed by atoms with Crippen LogP contribution in [-0.2, 0) is 11.2 Å². The summed E-state index contributed by atoms with van der Waals surface area (Å²) in [5.41, 5.74) is 1.83. The van der Waals surface area contributed by atoms with Crippen LogP contribution in [0, 0.1) is 5.92 Å². The lowest BCUT2D eigenvalue weighted by molar-refractivity contribution is -0.136. The van der Waals surface area contributed by atoms with E-state index in [0.29, 0.717) is 22.5 Å². The van der Waals surface area contributed by atoms with Gasteiger partial charge in [-0.15, -0.1) is 11.3 Å². The highest BCUT2D eigenvalue weighted by Crippen LogP contribution is 2.37. The summed E-state index contributed by atoms with van der Waals surface area (Å²) >= 11 is 13.9. The van der Waals surface area contributed by atoms with Crippen LogP contribution in [0.5, 0.6) is 0 Å². The highest BCUT2D eigenvalue weighted by atomic mass is 35.5. The lowest BCUT2D eigenvalue weighted by Gasteiger charge is -2.23. The topological polar surface area (TPSA) is 56.7 Å². The fourth-order valence-electron chi connectivity index (χ4n) is 2.71. The number of aromatic nitrogens is 1. The van der Waals surface area contributed by atoms with E-state index in [1.807, 2.05) is 26.2 Å². The molecule has 0 saturated carbocycles. The normalized spacial score (nSPS) is 11.4. The number of carbonyl (C=O) groups is 1. The molecule has 0 amide bonds. The first-order valence-corrected chi connectivity index (χ1v) is 10.8. The van der Waals surface area contributed by atoms with E-state index in [4.69, 9.17) is 33.3 Å². The summed E-state index contributed by atoms with van der Waals surface area (Å²) in [6.07, 6.45) is 0.975. The van der Waals surface area contributed by atoms with Gasteiger partial charge in [-0.2, -0.15) is 0 Å². The summed E-state index contributed by atoms with van der Waals surface area (Å²) in [6.45, 7) is 6.31. The van der Waals surface area contributed by atoms with Gasteiger partial charge >= 0.3 is 5.97 Å². The number of rotatable bonds is 10. The van der Waals surface area contributed by atoms with E-state index in [-0.39, 0.29) is 6.42 Å². The third-order valence-corrected chi connectivity index (χ3v) is 6.03. The number of halogens is 2. The maximum Gasteiger partial charge on any atom is 0.305 e. The summed E-state index contributed by atoms with van der Waals surface area (Å²) in [7, 11) is 4.01. The van der Waals surface area contributed by atoms with Crippen LogP contribution in [0.15, 0.2) is 18.2 Å². The minimum absolute atomic E-state index is 0.0780.